The van der Waals surface area contributed by atoms with Crippen LogP contribution in [0, 0.1) is 0 Å². The van der Waals surface area contributed by atoms with Gasteiger partial charge in [0.2, 0.25) is 5.89 Å². The Bertz CT molecular complexity index is 782. The molecule has 2 heterocycles. The van der Waals surface area contributed by atoms with Crippen molar-refractivity contribution in [3.8, 4) is 0 Å². The summed E-state index contributed by atoms with van der Waals surface area (Å²) in [5.41, 5.74) is 1.52. The number of hydrogen-bond acceptors (Lipinski definition) is 4. The van der Waals surface area contributed by atoms with E-state index in [4.69, 9.17) is 43.6 Å². The fourth-order valence-electron chi connectivity index (χ4n) is 1.85. The highest BCUT2D eigenvalue weighted by Crippen LogP contribution is 2.37. The first-order valence-electron chi connectivity index (χ1n) is 6.01. The number of para-hydroxylation sites is 1. The predicted octanol–water partition coefficient (Wildman–Crippen LogP) is 5.20. The third-order valence-corrected chi connectivity index (χ3v) is 3.29. The van der Waals surface area contributed by atoms with E-state index in [1.807, 2.05) is 37.3 Å². The summed E-state index contributed by atoms with van der Waals surface area (Å²) >= 11 is 17.1. The van der Waals surface area contributed by atoms with Gasteiger partial charge in [0.1, 0.15) is 11.3 Å². The molecule has 0 bridgehead atoms. The maximum absolute atomic E-state index is 5.69. The van der Waals surface area contributed by atoms with E-state index in [1.54, 1.807) is 6.08 Å². The molecular formula is C14H9Cl3N2O2. The highest BCUT2D eigenvalue weighted by molar-refractivity contribution is 6.66. The van der Waals surface area contributed by atoms with E-state index < -0.39 is 3.79 Å². The van der Waals surface area contributed by atoms with Gasteiger partial charge in [-0.3, -0.25) is 0 Å². The molecule has 0 fully saturated rings. The zero-order valence-corrected chi connectivity index (χ0v) is 13.1. The van der Waals surface area contributed by atoms with Gasteiger partial charge >= 0.3 is 0 Å². The topological polar surface area (TPSA) is 52.1 Å². The highest BCUT2D eigenvalue weighted by atomic mass is 35.6. The van der Waals surface area contributed by atoms with Crippen LogP contribution in [0.4, 0.5) is 0 Å². The van der Waals surface area contributed by atoms with Gasteiger partial charge in [-0.1, -0.05) is 53.0 Å². The summed E-state index contributed by atoms with van der Waals surface area (Å²) in [5.74, 6) is 0.888. The number of furan rings is 1. The lowest BCUT2D eigenvalue weighted by Gasteiger charge is -2.02. The molecule has 0 spiro atoms. The molecule has 0 saturated carbocycles. The molecule has 0 radical (unpaired) electrons. The molecule has 3 aromatic rings. The number of fused-ring (bicyclic) bond motifs is 1. The minimum Gasteiger partial charge on any atom is -0.457 e. The standard InChI is InChI=1S/C14H9Cl3N2O2/c1-8(12-18-19-13(21-12)14(15,16)17)6-10-7-9-4-2-3-5-11(9)20-10/h2-7H,1H3. The largest absolute Gasteiger partial charge is 0.457 e. The number of alkyl halides is 3. The van der Waals surface area contributed by atoms with Crippen LogP contribution in [0.1, 0.15) is 24.5 Å². The summed E-state index contributed by atoms with van der Waals surface area (Å²) < 4.78 is 9.29. The van der Waals surface area contributed by atoms with E-state index in [1.165, 1.54) is 0 Å². The van der Waals surface area contributed by atoms with Crippen molar-refractivity contribution >= 4 is 57.4 Å². The van der Waals surface area contributed by atoms with Crippen LogP contribution in [0.2, 0.25) is 0 Å². The summed E-state index contributed by atoms with van der Waals surface area (Å²) in [6, 6.07) is 9.65. The Balaban J connectivity index is 1.93. The summed E-state index contributed by atoms with van der Waals surface area (Å²) in [7, 11) is 0. The van der Waals surface area contributed by atoms with Crippen molar-refractivity contribution < 1.29 is 8.83 Å². The second kappa shape index (κ2) is 5.37. The molecule has 3 rings (SSSR count). The fraction of sp³-hybridized carbons (Fsp3) is 0.143. The van der Waals surface area contributed by atoms with E-state index >= 15 is 0 Å². The van der Waals surface area contributed by atoms with Gasteiger partial charge in [0.05, 0.1) is 0 Å². The maximum atomic E-state index is 5.69. The number of halogens is 3. The molecule has 0 N–H and O–H groups in total. The first-order chi connectivity index (χ1) is 9.93. The minimum atomic E-state index is -1.73. The van der Waals surface area contributed by atoms with Crippen molar-refractivity contribution in [3.63, 3.8) is 0 Å². The molecule has 0 atom stereocenters. The number of allylic oxidation sites excluding steroid dienone is 1. The molecule has 4 nitrogen and oxygen atoms in total. The average molecular weight is 344 g/mol. The van der Waals surface area contributed by atoms with Gasteiger partial charge in [0.15, 0.2) is 0 Å². The van der Waals surface area contributed by atoms with Crippen molar-refractivity contribution in [2.45, 2.75) is 10.7 Å². The van der Waals surface area contributed by atoms with E-state index in [0.29, 0.717) is 11.3 Å². The van der Waals surface area contributed by atoms with Gasteiger partial charge in [-0.15, -0.1) is 10.2 Å². The SMILES string of the molecule is CC(=Cc1cc2ccccc2o1)c1nnc(C(Cl)(Cl)Cl)o1. The quantitative estimate of drug-likeness (QED) is 0.600. The molecule has 1 aromatic carbocycles. The summed E-state index contributed by atoms with van der Waals surface area (Å²) in [6.07, 6.45) is 1.79. The van der Waals surface area contributed by atoms with Crippen LogP contribution >= 0.6 is 34.8 Å². The van der Waals surface area contributed by atoms with Crippen LogP contribution in [0.3, 0.4) is 0 Å². The second-order valence-corrected chi connectivity index (χ2v) is 6.71. The van der Waals surface area contributed by atoms with Crippen molar-refractivity contribution in [2.75, 3.05) is 0 Å². The van der Waals surface area contributed by atoms with Gasteiger partial charge < -0.3 is 8.83 Å². The predicted molar refractivity (Wildman–Crippen MR) is 83.3 cm³/mol. The normalized spacial score (nSPS) is 13.0. The lowest BCUT2D eigenvalue weighted by Crippen LogP contribution is -1.99. The lowest BCUT2D eigenvalue weighted by molar-refractivity contribution is 0.489. The molecule has 0 saturated heterocycles. The van der Waals surface area contributed by atoms with E-state index in [9.17, 15) is 0 Å². The minimum absolute atomic E-state index is 0.0696. The summed E-state index contributed by atoms with van der Waals surface area (Å²) in [4.78, 5) is 0. The smallest absolute Gasteiger partial charge is 0.268 e. The zero-order valence-electron chi connectivity index (χ0n) is 10.8. The molecule has 21 heavy (non-hydrogen) atoms. The first kappa shape index (κ1) is 14.4. The molecule has 0 unspecified atom stereocenters. The Morgan fingerprint density at radius 1 is 1.14 bits per heavy atom. The molecule has 108 valence electrons. The number of hydrogen-bond donors (Lipinski definition) is 0. The summed E-state index contributed by atoms with van der Waals surface area (Å²) in [6.45, 7) is 1.81. The van der Waals surface area contributed by atoms with E-state index in [2.05, 4.69) is 10.2 Å². The number of benzene rings is 1. The second-order valence-electron chi connectivity index (χ2n) is 4.42. The van der Waals surface area contributed by atoms with Crippen molar-refractivity contribution in [2.24, 2.45) is 0 Å². The third kappa shape index (κ3) is 3.07. The zero-order chi connectivity index (χ0) is 15.0. The van der Waals surface area contributed by atoms with Crippen LogP contribution in [-0.4, -0.2) is 10.2 Å². The van der Waals surface area contributed by atoms with Crippen LogP contribution in [0.25, 0.3) is 22.6 Å². The van der Waals surface area contributed by atoms with Crippen LogP contribution in [0.5, 0.6) is 0 Å². The van der Waals surface area contributed by atoms with Crippen LogP contribution < -0.4 is 0 Å². The molecule has 0 aliphatic heterocycles. The van der Waals surface area contributed by atoms with Gasteiger partial charge in [-0.25, -0.2) is 0 Å². The van der Waals surface area contributed by atoms with Crippen LogP contribution in [0.15, 0.2) is 39.2 Å². The Kier molecular flexibility index (Phi) is 3.69. The van der Waals surface area contributed by atoms with Crippen molar-refractivity contribution in [1.82, 2.24) is 10.2 Å². The molecule has 0 amide bonds. The number of rotatable bonds is 2. The molecule has 7 heteroatoms. The molecule has 0 aliphatic rings. The third-order valence-electron chi connectivity index (χ3n) is 2.81. The number of aromatic nitrogens is 2. The summed E-state index contributed by atoms with van der Waals surface area (Å²) in [5, 5.41) is 8.58. The Morgan fingerprint density at radius 2 is 1.90 bits per heavy atom. The van der Waals surface area contributed by atoms with Crippen molar-refractivity contribution in [1.29, 1.82) is 0 Å². The van der Waals surface area contributed by atoms with Crippen molar-refractivity contribution in [3.05, 3.63) is 47.9 Å². The average Bonchev–Trinajstić information content (AvgIpc) is 3.04. The van der Waals surface area contributed by atoms with Crippen LogP contribution in [-0.2, 0) is 3.79 Å². The fourth-order valence-corrected chi connectivity index (χ4v) is 2.07. The van der Waals surface area contributed by atoms with Gasteiger partial charge in [0, 0.05) is 11.0 Å². The molecule has 2 aromatic heterocycles. The Labute approximate surface area is 135 Å². The van der Waals surface area contributed by atoms with Gasteiger partial charge in [-0.05, 0) is 25.1 Å². The Morgan fingerprint density at radius 3 is 2.57 bits per heavy atom. The highest BCUT2D eigenvalue weighted by Gasteiger charge is 2.30. The molecular weight excluding hydrogens is 335 g/mol. The lowest BCUT2D eigenvalue weighted by atomic mass is 10.2. The van der Waals surface area contributed by atoms with E-state index in [0.717, 1.165) is 11.0 Å². The monoisotopic (exact) mass is 342 g/mol. The van der Waals surface area contributed by atoms with Gasteiger partial charge in [-0.2, -0.15) is 0 Å². The van der Waals surface area contributed by atoms with E-state index in [-0.39, 0.29) is 11.8 Å². The first-order valence-corrected chi connectivity index (χ1v) is 7.15. The number of nitrogens with zero attached hydrogens (tertiary/aromatic N) is 2. The molecule has 0 aliphatic carbocycles. The van der Waals surface area contributed by atoms with Gasteiger partial charge in [0.25, 0.3) is 9.68 Å². The Hall–Kier alpha value is -1.49. The maximum Gasteiger partial charge on any atom is 0.268 e.